The first-order valence-corrected chi connectivity index (χ1v) is 46.6. The minimum absolute atomic E-state index is 0.0155. The highest BCUT2D eigenvalue weighted by molar-refractivity contribution is 7.90. The molecule has 0 saturated heterocycles. The van der Waals surface area contributed by atoms with Crippen molar-refractivity contribution in [3.63, 3.8) is 0 Å². The molecule has 118 heavy (non-hydrogen) atoms. The summed E-state index contributed by atoms with van der Waals surface area (Å²) < 4.78 is 122. The van der Waals surface area contributed by atoms with Gasteiger partial charge in [0.05, 0.1) is 94.0 Å². The van der Waals surface area contributed by atoms with Gasteiger partial charge in [0.2, 0.25) is 41.9 Å². The van der Waals surface area contributed by atoms with Gasteiger partial charge in [-0.3, -0.25) is 9.59 Å². The van der Waals surface area contributed by atoms with Crippen LogP contribution in [0.3, 0.4) is 0 Å². The highest BCUT2D eigenvalue weighted by Gasteiger charge is 2.32. The van der Waals surface area contributed by atoms with Crippen molar-refractivity contribution >= 4 is 118 Å². The summed E-state index contributed by atoms with van der Waals surface area (Å²) in [6.45, 7) is 10.4. The van der Waals surface area contributed by atoms with Gasteiger partial charge in [0.15, 0.2) is 0 Å². The summed E-state index contributed by atoms with van der Waals surface area (Å²) in [5, 5.41) is 6.33. The second kappa shape index (κ2) is 48.0. The summed E-state index contributed by atoms with van der Waals surface area (Å²) in [4.78, 5) is 53.7. The number of hydrogen-bond acceptors (Lipinski definition) is 19. The van der Waals surface area contributed by atoms with Crippen LogP contribution in [0.25, 0.3) is 0 Å². The molecule has 0 unspecified atom stereocenters. The number of urea groups is 1. The molecule has 6 aromatic rings. The van der Waals surface area contributed by atoms with Crippen LogP contribution in [0.5, 0.6) is 0 Å². The van der Waals surface area contributed by atoms with Gasteiger partial charge in [-0.15, -0.1) is 0 Å². The number of amides is 4. The number of carbonyl (C=O) groups excluding carboxylic acids is 3. The van der Waals surface area contributed by atoms with Crippen LogP contribution >= 0.6 is 69.6 Å². The maximum absolute atomic E-state index is 13.4. The lowest BCUT2D eigenvalue weighted by molar-refractivity contribution is -0.131. The van der Waals surface area contributed by atoms with Crippen molar-refractivity contribution in [1.29, 1.82) is 0 Å². The molecule has 3 heterocycles. The van der Waals surface area contributed by atoms with E-state index in [1.54, 1.807) is 104 Å². The Labute approximate surface area is 727 Å². The fraction of sp³-hybridized carbons (Fsp3) is 0.530. The van der Waals surface area contributed by atoms with Crippen molar-refractivity contribution < 1.29 is 68.1 Å². The van der Waals surface area contributed by atoms with E-state index in [1.807, 2.05) is 57.5 Å². The van der Waals surface area contributed by atoms with Crippen LogP contribution in [0.4, 0.5) is 4.79 Å². The Morgan fingerprint density at radius 3 is 1.02 bits per heavy atom. The normalized spacial score (nSPS) is 16.1. The second-order valence-electron chi connectivity index (χ2n) is 30.1. The number of unbranched alkanes of at least 4 members (excludes halogenated alkanes) is 2. The summed E-state index contributed by atoms with van der Waals surface area (Å²) in [6, 6.07) is 31.4. The number of rotatable bonds is 50. The Morgan fingerprint density at radius 1 is 0.381 bits per heavy atom. The number of ether oxygens (including phenoxy) is 6. The maximum atomic E-state index is 13.4. The molecule has 9 rings (SSSR count). The highest BCUT2D eigenvalue weighted by Crippen LogP contribution is 2.42. The van der Waals surface area contributed by atoms with E-state index in [9.17, 15) is 39.6 Å². The van der Waals surface area contributed by atoms with Gasteiger partial charge in [-0.1, -0.05) is 106 Å². The van der Waals surface area contributed by atoms with Gasteiger partial charge in [-0.25, -0.2) is 44.2 Å². The average molecular weight is 1810 g/mol. The third kappa shape index (κ3) is 30.0. The van der Waals surface area contributed by atoms with Gasteiger partial charge in [-0.2, -0.15) is 0 Å². The molecule has 0 aromatic heterocycles. The maximum Gasteiger partial charge on any atom is 0.317 e. The van der Waals surface area contributed by atoms with Crippen LogP contribution in [-0.4, -0.2) is 284 Å². The van der Waals surface area contributed by atoms with E-state index in [4.69, 9.17) is 98.0 Å². The summed E-state index contributed by atoms with van der Waals surface area (Å²) in [5.74, 6) is -0.391. The van der Waals surface area contributed by atoms with E-state index < -0.39 is 30.1 Å². The zero-order valence-electron chi connectivity index (χ0n) is 68.1. The molecule has 3 aliphatic rings. The number of nitrogens with one attached hydrogen (secondary N) is 4. The Balaban J connectivity index is 0.635. The van der Waals surface area contributed by atoms with Crippen molar-refractivity contribution in [1.82, 2.24) is 53.8 Å². The van der Waals surface area contributed by atoms with Crippen LogP contribution in [0.1, 0.15) is 113 Å². The highest BCUT2D eigenvalue weighted by atomic mass is 35.5. The molecule has 26 nitrogen and oxygen atoms in total. The Hall–Kier alpha value is -5.40. The number of likely N-dealkylation sites (N-methyl/N-ethyl adjacent to an activating group) is 6. The molecule has 0 saturated carbocycles. The molecule has 0 spiro atoms. The van der Waals surface area contributed by atoms with E-state index in [-0.39, 0.29) is 136 Å². The van der Waals surface area contributed by atoms with Gasteiger partial charge in [-0.05, 0) is 196 Å². The minimum atomic E-state index is -3.85. The average Bonchev–Trinajstić information content (AvgIpc) is 0.781. The molecule has 6 aromatic carbocycles. The quantitative estimate of drug-likeness (QED) is 0.0258. The summed E-state index contributed by atoms with van der Waals surface area (Å²) >= 11 is 38.9. The largest absolute Gasteiger partial charge is 0.378 e. The molecule has 35 heteroatoms. The van der Waals surface area contributed by atoms with Crippen LogP contribution in [-0.2, 0) is 87.7 Å². The van der Waals surface area contributed by atoms with Crippen molar-refractivity contribution in [2.45, 2.75) is 97.0 Å². The zero-order valence-corrected chi connectivity index (χ0v) is 75.1. The molecule has 3 atom stereocenters. The molecule has 3 aliphatic heterocycles. The van der Waals surface area contributed by atoms with Gasteiger partial charge in [0.25, 0.3) is 0 Å². The van der Waals surface area contributed by atoms with Gasteiger partial charge in [0, 0.05) is 167 Å². The Morgan fingerprint density at radius 2 is 0.686 bits per heavy atom. The number of halogens is 6. The molecular weight excluding hydrogens is 1700 g/mol. The minimum Gasteiger partial charge on any atom is -0.378 e. The van der Waals surface area contributed by atoms with E-state index >= 15 is 0 Å². The van der Waals surface area contributed by atoms with Crippen molar-refractivity contribution in [2.75, 3.05) is 207 Å². The standard InChI is InChI=1S/C83H113Cl6N11O15S3/c1-94-54-72(69-48-63(84)51-78(87)75(69)57-94)60-15-11-18-66(45-60)116(104,105)91-24-33-110-39-42-113-36-30-97(4)81(101)21-7-9-27-100(28-10-8-22-82(102)98(5)31-37-114-43-40-111-34-25-92-117(106,107)67-19-12-16-61(46-67)73-55-95(2)58-76-70(73)49-64(85)52-79(76)88)29-14-23-90-83(103)99(6)32-38-115-44-41-112-35-26-93-118(108,109)68-20-13-17-62(47-68)74-56-96(3)59-77-71(74)50-65(86)53-80(77)89/h11-13,15-20,45-53,72-74,91-93H,7-10,14,21-44,54-59H2,1-6H3,(H,90,103)/t72-,73-,74-/m0/s1. The molecule has 0 fully saturated rings. The molecule has 0 bridgehead atoms. The smallest absolute Gasteiger partial charge is 0.317 e. The van der Waals surface area contributed by atoms with Gasteiger partial charge >= 0.3 is 6.03 Å². The third-order valence-corrected chi connectivity index (χ3v) is 27.0. The van der Waals surface area contributed by atoms with Crippen LogP contribution in [0.2, 0.25) is 30.1 Å². The molecule has 650 valence electrons. The van der Waals surface area contributed by atoms with E-state index in [2.05, 4.69) is 39.1 Å². The third-order valence-electron chi connectivity index (χ3n) is 21.0. The predicted molar refractivity (Wildman–Crippen MR) is 464 cm³/mol. The molecule has 0 aliphatic carbocycles. The van der Waals surface area contributed by atoms with E-state index in [1.165, 1.54) is 4.90 Å². The first-order chi connectivity index (χ1) is 56.5. The van der Waals surface area contributed by atoms with Gasteiger partial charge in [0.1, 0.15) is 0 Å². The van der Waals surface area contributed by atoms with Crippen LogP contribution in [0.15, 0.2) is 124 Å². The Kier molecular flexibility index (Phi) is 39.2. The number of nitrogens with zero attached hydrogens (tertiary/aromatic N) is 7. The van der Waals surface area contributed by atoms with E-state index in [0.717, 1.165) is 62.9 Å². The van der Waals surface area contributed by atoms with Crippen molar-refractivity contribution in [2.24, 2.45) is 0 Å². The molecular formula is C83H113Cl6N11O15S3. The first kappa shape index (κ1) is 96.4. The number of fused-ring (bicyclic) bond motifs is 3. The monoisotopic (exact) mass is 1810 g/mol. The lowest BCUT2D eigenvalue weighted by atomic mass is 9.85. The molecule has 4 amide bonds. The van der Waals surface area contributed by atoms with Crippen LogP contribution < -0.4 is 19.5 Å². The van der Waals surface area contributed by atoms with Gasteiger partial charge < -0.3 is 68.0 Å². The zero-order chi connectivity index (χ0) is 84.9. The summed E-state index contributed by atoms with van der Waals surface area (Å²) in [7, 11) is -0.376. The Bertz CT molecular complexity index is 4190. The number of carbonyl (C=O) groups is 3. The number of sulfonamides is 3. The predicted octanol–water partition coefficient (Wildman–Crippen LogP) is 11.3. The number of benzene rings is 6. The van der Waals surface area contributed by atoms with E-state index in [0.29, 0.717) is 161 Å². The lowest BCUT2D eigenvalue weighted by Crippen LogP contribution is -2.40. The lowest BCUT2D eigenvalue weighted by Gasteiger charge is -2.33. The SMILES string of the molecule is CN1Cc2c(Cl)cc(Cl)cc2[C@H](c2cccc(S(=O)(=O)NCCOCCOCCN(C)C(=O)CCCCN(CCCCC(=O)N(C)CCOCCOCCNS(=O)(=O)c3cccc([C@@H]4CN(C)Cc5c(Cl)cc(Cl)cc54)c3)CCCNC(=O)N(C)CCOCCOCCNS(=O)(=O)c3cccc([C@@H]4CN(C)Cc5c(Cl)cc(Cl)cc54)c3)c2)C1. The first-order valence-electron chi connectivity index (χ1n) is 39.9. The second-order valence-corrected chi connectivity index (χ2v) is 37.9. The molecule has 4 N–H and O–H groups in total. The summed E-state index contributed by atoms with van der Waals surface area (Å²) in [5.41, 5.74) is 8.40. The molecule has 0 radical (unpaired) electrons. The summed E-state index contributed by atoms with van der Waals surface area (Å²) in [6.07, 6.45) is 4.12. The van der Waals surface area contributed by atoms with Crippen molar-refractivity contribution in [3.8, 4) is 0 Å². The fourth-order valence-corrected chi connectivity index (χ4v) is 19.5. The number of hydrogen-bond donors (Lipinski definition) is 4. The van der Waals surface area contributed by atoms with Crippen molar-refractivity contribution in [3.05, 3.63) is 189 Å². The fourth-order valence-electron chi connectivity index (χ4n) is 14.6. The topological polar surface area (TPSA) is 280 Å². The van der Waals surface area contributed by atoms with Crippen LogP contribution in [0, 0.1) is 0 Å².